The van der Waals surface area contributed by atoms with Crippen LogP contribution in [0.25, 0.3) is 0 Å². The van der Waals surface area contributed by atoms with E-state index in [4.69, 9.17) is 9.47 Å². The van der Waals surface area contributed by atoms with E-state index >= 15 is 0 Å². The summed E-state index contributed by atoms with van der Waals surface area (Å²) in [5, 5.41) is 5.35. The zero-order valence-corrected chi connectivity index (χ0v) is 20.2. The fourth-order valence-corrected chi connectivity index (χ4v) is 2.64. The molecule has 0 bridgehead atoms. The van der Waals surface area contributed by atoms with Gasteiger partial charge in [0.25, 0.3) is 0 Å². The number of hydrogen-bond donors (Lipinski definition) is 2. The van der Waals surface area contributed by atoms with Gasteiger partial charge in [-0.2, -0.15) is 24.6 Å². The normalized spacial score (nSPS) is 14.6. The molecule has 6 nitrogen and oxygen atoms in total. The van der Waals surface area contributed by atoms with Crippen LogP contribution in [0.1, 0.15) is 17.5 Å². The Morgan fingerprint density at radius 1 is 1.21 bits per heavy atom. The van der Waals surface area contributed by atoms with Crippen molar-refractivity contribution in [3.05, 3.63) is 66.6 Å². The van der Waals surface area contributed by atoms with Crippen LogP contribution in [0.2, 0.25) is 0 Å². The summed E-state index contributed by atoms with van der Waals surface area (Å²) in [4.78, 5) is 21.9. The van der Waals surface area contributed by atoms with Crippen LogP contribution in [-0.2, 0) is 20.7 Å². The molecule has 7 heteroatoms. The topological polar surface area (TPSA) is 76.7 Å². The van der Waals surface area contributed by atoms with Gasteiger partial charge in [-0.1, -0.05) is 24.3 Å². The first-order chi connectivity index (χ1) is 13.6. The van der Waals surface area contributed by atoms with Crippen LogP contribution in [0.4, 0.5) is 5.69 Å². The van der Waals surface area contributed by atoms with Gasteiger partial charge >= 0.3 is 51.4 Å². The Morgan fingerprint density at radius 3 is 2.45 bits per heavy atom. The summed E-state index contributed by atoms with van der Waals surface area (Å²) in [5.41, 5.74) is 2.59. The van der Waals surface area contributed by atoms with E-state index in [9.17, 15) is 9.59 Å². The molecule has 1 aliphatic rings. The van der Waals surface area contributed by atoms with E-state index in [1.807, 2.05) is 36.4 Å². The quantitative estimate of drug-likeness (QED) is 0.367. The Kier molecular flexibility index (Phi) is 12.9. The zero-order valence-electron chi connectivity index (χ0n) is 17.1. The van der Waals surface area contributed by atoms with Crippen LogP contribution >= 0.6 is 0 Å². The number of carbonyl (C=O) groups is 1. The third kappa shape index (κ3) is 10.3. The Bertz CT molecular complexity index is 729. The molecule has 0 aromatic heterocycles. The fourth-order valence-electron chi connectivity index (χ4n) is 2.64. The van der Waals surface area contributed by atoms with Crippen molar-refractivity contribution < 1.29 is 70.4 Å². The molecule has 2 N–H and O–H groups in total. The van der Waals surface area contributed by atoms with Gasteiger partial charge in [-0.3, -0.25) is 4.79 Å². The molecular weight excluding hydrogens is 395 g/mol. The average molecular weight is 422 g/mol. The predicted molar refractivity (Wildman–Crippen MR) is 109 cm³/mol. The number of amides is 2. The third-order valence-electron chi connectivity index (χ3n) is 4.28. The van der Waals surface area contributed by atoms with Crippen LogP contribution in [0.3, 0.4) is 0 Å². The summed E-state index contributed by atoms with van der Waals surface area (Å²) in [5.74, 6) is 1.33. The molecule has 2 aromatic rings. The molecule has 0 radical (unpaired) electrons. The summed E-state index contributed by atoms with van der Waals surface area (Å²) in [6, 6.07) is 14.7. The second-order valence-electron chi connectivity index (χ2n) is 6.48. The van der Waals surface area contributed by atoms with Crippen molar-refractivity contribution in [3.8, 4) is 5.75 Å². The second kappa shape index (κ2) is 14.6. The Hall–Kier alpha value is -1.35. The van der Waals surface area contributed by atoms with Gasteiger partial charge in [0.1, 0.15) is 0 Å². The van der Waals surface area contributed by atoms with E-state index in [1.54, 1.807) is 25.7 Å². The van der Waals surface area contributed by atoms with Crippen molar-refractivity contribution >= 4 is 18.0 Å². The van der Waals surface area contributed by atoms with E-state index in [0.717, 1.165) is 36.5 Å². The van der Waals surface area contributed by atoms with Gasteiger partial charge < -0.3 is 24.9 Å². The molecule has 1 aliphatic heterocycles. The van der Waals surface area contributed by atoms with Gasteiger partial charge in [-0.15, -0.1) is 17.8 Å². The fraction of sp³-hybridized carbons (Fsp3) is 0.318. The van der Waals surface area contributed by atoms with Gasteiger partial charge in [0.05, 0.1) is 32.3 Å². The van der Waals surface area contributed by atoms with Crippen molar-refractivity contribution in [2.24, 2.45) is 5.92 Å². The molecule has 1 heterocycles. The van der Waals surface area contributed by atoms with Crippen LogP contribution < -0.4 is 66.8 Å². The van der Waals surface area contributed by atoms with Gasteiger partial charge in [0.15, 0.2) is 0 Å². The number of carbonyl (C=O) groups excluding carboxylic acids is 2. The zero-order chi connectivity index (χ0) is 20.2. The van der Waals surface area contributed by atoms with E-state index in [2.05, 4.69) is 17.6 Å². The summed E-state index contributed by atoms with van der Waals surface area (Å²) in [7, 11) is 1.65. The minimum Gasteiger partial charge on any atom is -0.499 e. The maximum Gasteiger partial charge on any atom is 1.00 e. The summed E-state index contributed by atoms with van der Waals surface area (Å²) >= 11 is 0. The average Bonchev–Trinajstić information content (AvgIpc) is 3.23. The van der Waals surface area contributed by atoms with Crippen molar-refractivity contribution in [2.75, 3.05) is 32.2 Å². The molecule has 0 spiro atoms. The van der Waals surface area contributed by atoms with Crippen LogP contribution in [-0.4, -0.2) is 39.2 Å². The van der Waals surface area contributed by atoms with Crippen molar-refractivity contribution in [1.82, 2.24) is 5.32 Å². The monoisotopic (exact) mass is 421 g/mol. The number of anilines is 1. The Labute approximate surface area is 215 Å². The van der Waals surface area contributed by atoms with Crippen molar-refractivity contribution in [2.45, 2.75) is 12.8 Å². The summed E-state index contributed by atoms with van der Waals surface area (Å²) < 4.78 is 10.2. The van der Waals surface area contributed by atoms with Crippen LogP contribution in [0.5, 0.6) is 5.75 Å². The van der Waals surface area contributed by atoms with Crippen LogP contribution in [0, 0.1) is 12.8 Å². The SMILES string of the molecule is O=[C-]Nc1ccc(CC(=O)NCC2CCOC2)cc1.[CH2-]c1ccc(OC)cc1.[K+]. The molecule has 2 aromatic carbocycles. The van der Waals surface area contributed by atoms with Crippen LogP contribution in [0.15, 0.2) is 48.5 Å². The number of nitrogens with one attached hydrogen (secondary N) is 2. The number of hydrogen-bond acceptors (Lipinski definition) is 4. The first kappa shape index (κ1) is 25.7. The third-order valence-corrected chi connectivity index (χ3v) is 4.28. The molecule has 0 aliphatic carbocycles. The smallest absolute Gasteiger partial charge is 0.499 e. The molecule has 1 saturated heterocycles. The predicted octanol–water partition coefficient (Wildman–Crippen LogP) is -0.258. The van der Waals surface area contributed by atoms with Crippen molar-refractivity contribution in [3.63, 3.8) is 0 Å². The Morgan fingerprint density at radius 2 is 1.90 bits per heavy atom. The first-order valence-corrected chi connectivity index (χ1v) is 9.13. The molecule has 150 valence electrons. The molecule has 29 heavy (non-hydrogen) atoms. The van der Waals surface area contributed by atoms with E-state index in [-0.39, 0.29) is 57.3 Å². The number of rotatable bonds is 7. The molecule has 3 rings (SSSR count). The summed E-state index contributed by atoms with van der Waals surface area (Å²) in [6.45, 7) is 5.95. The van der Waals surface area contributed by atoms with Crippen molar-refractivity contribution in [1.29, 1.82) is 0 Å². The number of benzene rings is 2. The molecule has 0 saturated carbocycles. The molecule has 2 amide bonds. The molecule has 1 unspecified atom stereocenters. The van der Waals surface area contributed by atoms with E-state index in [1.165, 1.54) is 0 Å². The van der Waals surface area contributed by atoms with Gasteiger partial charge in [0, 0.05) is 19.1 Å². The minimum atomic E-state index is 0. The largest absolute Gasteiger partial charge is 1.00 e. The maximum atomic E-state index is 11.7. The number of methoxy groups -OCH3 is 1. The van der Waals surface area contributed by atoms with Gasteiger partial charge in [-0.25, -0.2) is 0 Å². The van der Waals surface area contributed by atoms with Gasteiger partial charge in [-0.05, 0) is 12.0 Å². The minimum absolute atomic E-state index is 0. The van der Waals surface area contributed by atoms with Gasteiger partial charge in [0.2, 0.25) is 5.91 Å². The second-order valence-corrected chi connectivity index (χ2v) is 6.48. The first-order valence-electron chi connectivity index (χ1n) is 9.13. The van der Waals surface area contributed by atoms with E-state index in [0.29, 0.717) is 24.6 Å². The molecule has 1 atom stereocenters. The standard InChI is InChI=1S/C14H17N2O3.C8H9O.K/c17-10-16-13-3-1-11(2-4-13)7-14(18)15-8-12-5-6-19-9-12;1-7-3-5-8(9-2)6-4-7;/h1-4,12H,5-9H2,(H,15,18)(H,16,17);3-6H,1H2,2H3;/q2*-1;+1. The Balaban J connectivity index is 0.000000355. The van der Waals surface area contributed by atoms with E-state index < -0.39 is 0 Å². The summed E-state index contributed by atoms with van der Waals surface area (Å²) in [6.07, 6.45) is 2.97. The molecular formula is C22H26KN2O4-. The maximum absolute atomic E-state index is 11.7. The number of ether oxygens (including phenoxy) is 2. The molecule has 1 fully saturated rings.